The molecule has 0 amide bonds. The second-order valence-corrected chi connectivity index (χ2v) is 4.08. The van der Waals surface area contributed by atoms with Gasteiger partial charge in [0, 0.05) is 6.04 Å². The van der Waals surface area contributed by atoms with E-state index in [0.29, 0.717) is 11.5 Å². The summed E-state index contributed by atoms with van der Waals surface area (Å²) in [6.45, 7) is 4.72. The van der Waals surface area contributed by atoms with E-state index < -0.39 is 0 Å². The van der Waals surface area contributed by atoms with E-state index in [1.807, 2.05) is 0 Å². The fraction of sp³-hybridized carbons (Fsp3) is 1.00. The summed E-state index contributed by atoms with van der Waals surface area (Å²) in [4.78, 5) is 0. The van der Waals surface area contributed by atoms with Crippen LogP contribution in [0.5, 0.6) is 0 Å². The van der Waals surface area contributed by atoms with Gasteiger partial charge in [0.2, 0.25) is 0 Å². The Labute approximate surface area is 62.2 Å². The highest BCUT2D eigenvalue weighted by Crippen LogP contribution is 2.49. The van der Waals surface area contributed by atoms with Gasteiger partial charge in [0.05, 0.1) is 0 Å². The van der Waals surface area contributed by atoms with E-state index in [1.165, 1.54) is 19.4 Å². The lowest BCUT2D eigenvalue weighted by atomic mass is 9.55. The number of rotatable bonds is 0. The van der Waals surface area contributed by atoms with Crippen molar-refractivity contribution in [1.82, 2.24) is 5.32 Å². The number of piperidine rings is 1. The van der Waals surface area contributed by atoms with Crippen LogP contribution in [0.15, 0.2) is 0 Å². The van der Waals surface area contributed by atoms with Crippen LogP contribution in [0.3, 0.4) is 0 Å². The van der Waals surface area contributed by atoms with Gasteiger partial charge < -0.3 is 11.1 Å². The molecule has 10 heavy (non-hydrogen) atoms. The second kappa shape index (κ2) is 1.95. The highest BCUT2D eigenvalue weighted by Gasteiger charge is 2.49. The summed E-state index contributed by atoms with van der Waals surface area (Å²) in [6, 6.07) is 0.484. The minimum Gasteiger partial charge on any atom is -0.327 e. The van der Waals surface area contributed by atoms with E-state index in [-0.39, 0.29) is 0 Å². The van der Waals surface area contributed by atoms with Crippen molar-refractivity contribution in [2.45, 2.75) is 25.8 Å². The zero-order valence-electron chi connectivity index (χ0n) is 6.56. The Bertz CT molecular complexity index is 142. The predicted octanol–water partition coefficient (Wildman–Crippen LogP) is 0.333. The Morgan fingerprint density at radius 3 is 2.90 bits per heavy atom. The van der Waals surface area contributed by atoms with Crippen LogP contribution in [-0.4, -0.2) is 19.1 Å². The SMILES string of the molecule is C[C@@]12CCNC[C@@H]1[C@@H](N)C2. The van der Waals surface area contributed by atoms with Crippen molar-refractivity contribution >= 4 is 0 Å². The fourth-order valence-electron chi connectivity index (χ4n) is 2.51. The Morgan fingerprint density at radius 1 is 1.60 bits per heavy atom. The van der Waals surface area contributed by atoms with Crippen LogP contribution in [0.25, 0.3) is 0 Å². The van der Waals surface area contributed by atoms with Crippen LogP contribution in [0.4, 0.5) is 0 Å². The lowest BCUT2D eigenvalue weighted by molar-refractivity contribution is -0.00683. The fourth-order valence-corrected chi connectivity index (χ4v) is 2.51. The molecule has 0 spiro atoms. The van der Waals surface area contributed by atoms with Gasteiger partial charge in [0.15, 0.2) is 0 Å². The van der Waals surface area contributed by atoms with Gasteiger partial charge in [-0.1, -0.05) is 6.92 Å². The molecular weight excluding hydrogens is 124 g/mol. The molecule has 2 nitrogen and oxygen atoms in total. The van der Waals surface area contributed by atoms with E-state index >= 15 is 0 Å². The smallest absolute Gasteiger partial charge is 0.00898 e. The highest BCUT2D eigenvalue weighted by atomic mass is 14.9. The highest BCUT2D eigenvalue weighted by molar-refractivity contribution is 5.04. The maximum atomic E-state index is 5.88. The summed E-state index contributed by atoms with van der Waals surface area (Å²) in [5.41, 5.74) is 6.48. The molecule has 1 saturated heterocycles. The van der Waals surface area contributed by atoms with E-state index in [1.54, 1.807) is 0 Å². The first kappa shape index (κ1) is 6.62. The van der Waals surface area contributed by atoms with Crippen LogP contribution < -0.4 is 11.1 Å². The Kier molecular flexibility index (Phi) is 1.29. The summed E-state index contributed by atoms with van der Waals surface area (Å²) >= 11 is 0. The van der Waals surface area contributed by atoms with Gasteiger partial charge in [-0.05, 0) is 37.3 Å². The van der Waals surface area contributed by atoms with Crippen molar-refractivity contribution in [2.75, 3.05) is 13.1 Å². The Morgan fingerprint density at radius 2 is 2.40 bits per heavy atom. The van der Waals surface area contributed by atoms with Gasteiger partial charge >= 0.3 is 0 Å². The molecule has 1 aliphatic heterocycles. The third-order valence-corrected chi connectivity index (χ3v) is 3.35. The molecule has 0 bridgehead atoms. The first-order chi connectivity index (χ1) is 4.72. The number of nitrogens with one attached hydrogen (secondary N) is 1. The first-order valence-corrected chi connectivity index (χ1v) is 4.19. The standard InChI is InChI=1S/C8H16N2/c1-8-2-3-10-5-6(8)7(9)4-8/h6-7,10H,2-5,9H2,1H3/t6-,7+,8+/m1/s1. The zero-order chi connectivity index (χ0) is 7.19. The number of fused-ring (bicyclic) bond motifs is 1. The van der Waals surface area contributed by atoms with Gasteiger partial charge in [0.1, 0.15) is 0 Å². The normalized spacial score (nSPS) is 53.4. The van der Waals surface area contributed by atoms with Crippen molar-refractivity contribution in [2.24, 2.45) is 17.1 Å². The van der Waals surface area contributed by atoms with Crippen molar-refractivity contribution < 1.29 is 0 Å². The third-order valence-electron chi connectivity index (χ3n) is 3.35. The van der Waals surface area contributed by atoms with Crippen LogP contribution in [0.1, 0.15) is 19.8 Å². The maximum Gasteiger partial charge on any atom is 0.00898 e. The molecule has 0 aromatic heterocycles. The number of nitrogens with two attached hydrogens (primary N) is 1. The molecule has 0 aromatic carbocycles. The molecule has 3 N–H and O–H groups in total. The predicted molar refractivity (Wildman–Crippen MR) is 41.7 cm³/mol. The Balaban J connectivity index is 2.06. The summed E-state index contributed by atoms with van der Waals surface area (Å²) < 4.78 is 0. The molecule has 0 unspecified atom stereocenters. The van der Waals surface area contributed by atoms with Crippen molar-refractivity contribution in [3.05, 3.63) is 0 Å². The molecule has 58 valence electrons. The molecule has 0 aromatic rings. The summed E-state index contributed by atoms with van der Waals surface area (Å²) in [6.07, 6.45) is 2.57. The maximum absolute atomic E-state index is 5.88. The van der Waals surface area contributed by atoms with Gasteiger partial charge in [-0.2, -0.15) is 0 Å². The van der Waals surface area contributed by atoms with Gasteiger partial charge in [0.25, 0.3) is 0 Å². The largest absolute Gasteiger partial charge is 0.327 e. The molecular formula is C8H16N2. The summed E-state index contributed by atoms with van der Waals surface area (Å²) in [5, 5.41) is 3.39. The number of hydrogen-bond acceptors (Lipinski definition) is 2. The van der Waals surface area contributed by atoms with Crippen LogP contribution in [0, 0.1) is 11.3 Å². The molecule has 2 rings (SSSR count). The molecule has 1 saturated carbocycles. The molecule has 1 heterocycles. The minimum atomic E-state index is 0.484. The van der Waals surface area contributed by atoms with Gasteiger partial charge in [-0.25, -0.2) is 0 Å². The quantitative estimate of drug-likeness (QED) is 0.509. The summed E-state index contributed by atoms with van der Waals surface area (Å²) in [5.74, 6) is 0.765. The van der Waals surface area contributed by atoms with E-state index in [9.17, 15) is 0 Å². The zero-order valence-corrected chi connectivity index (χ0v) is 6.56. The summed E-state index contributed by atoms with van der Waals surface area (Å²) in [7, 11) is 0. The van der Waals surface area contributed by atoms with E-state index in [0.717, 1.165) is 12.5 Å². The van der Waals surface area contributed by atoms with Crippen LogP contribution in [0.2, 0.25) is 0 Å². The number of hydrogen-bond donors (Lipinski definition) is 2. The van der Waals surface area contributed by atoms with Crippen LogP contribution in [-0.2, 0) is 0 Å². The lowest BCUT2D eigenvalue weighted by Gasteiger charge is -2.55. The molecule has 0 radical (unpaired) electrons. The van der Waals surface area contributed by atoms with E-state index in [2.05, 4.69) is 12.2 Å². The van der Waals surface area contributed by atoms with Gasteiger partial charge in [-0.3, -0.25) is 0 Å². The second-order valence-electron chi connectivity index (χ2n) is 4.08. The Hall–Kier alpha value is -0.0800. The lowest BCUT2D eigenvalue weighted by Crippen LogP contribution is -2.61. The topological polar surface area (TPSA) is 38.0 Å². The average molecular weight is 140 g/mol. The van der Waals surface area contributed by atoms with Crippen molar-refractivity contribution in [3.63, 3.8) is 0 Å². The molecule has 2 fully saturated rings. The molecule has 3 atom stereocenters. The monoisotopic (exact) mass is 140 g/mol. The third kappa shape index (κ3) is 0.722. The molecule has 1 aliphatic carbocycles. The van der Waals surface area contributed by atoms with Crippen molar-refractivity contribution in [1.29, 1.82) is 0 Å². The first-order valence-electron chi connectivity index (χ1n) is 4.19. The minimum absolute atomic E-state index is 0.484. The molecule has 2 aliphatic rings. The average Bonchev–Trinajstić information content (AvgIpc) is 1.86. The van der Waals surface area contributed by atoms with E-state index in [4.69, 9.17) is 5.73 Å². The molecule has 2 heteroatoms. The van der Waals surface area contributed by atoms with Crippen LogP contribution >= 0.6 is 0 Å². The van der Waals surface area contributed by atoms with Crippen molar-refractivity contribution in [3.8, 4) is 0 Å². The van der Waals surface area contributed by atoms with Gasteiger partial charge in [-0.15, -0.1) is 0 Å².